The SMILES string of the molecule is CCCN(CCC)C(=O)CCCC(=O)N1CCC(N)C(C)(C)C1. The molecule has 0 aromatic rings. The largest absolute Gasteiger partial charge is 0.343 e. The zero-order valence-electron chi connectivity index (χ0n) is 15.4. The van der Waals surface area contributed by atoms with E-state index in [-0.39, 0.29) is 23.3 Å². The number of hydrogen-bond donors (Lipinski definition) is 1. The number of carbonyl (C=O) groups is 2. The number of likely N-dealkylation sites (tertiary alicyclic amines) is 1. The topological polar surface area (TPSA) is 66.6 Å². The molecule has 0 spiro atoms. The molecular weight excluding hydrogens is 290 g/mol. The van der Waals surface area contributed by atoms with E-state index in [1.807, 2.05) is 9.80 Å². The second-order valence-corrected chi connectivity index (χ2v) is 7.43. The van der Waals surface area contributed by atoms with Crippen molar-refractivity contribution >= 4 is 11.8 Å². The van der Waals surface area contributed by atoms with Gasteiger partial charge in [-0.2, -0.15) is 0 Å². The van der Waals surface area contributed by atoms with Gasteiger partial charge in [0.25, 0.3) is 0 Å². The molecular formula is C18H35N3O2. The Morgan fingerprint density at radius 1 is 1.17 bits per heavy atom. The summed E-state index contributed by atoms with van der Waals surface area (Å²) < 4.78 is 0. The number of rotatable bonds is 8. The monoisotopic (exact) mass is 325 g/mol. The van der Waals surface area contributed by atoms with Crippen LogP contribution in [0.3, 0.4) is 0 Å². The first-order valence-electron chi connectivity index (χ1n) is 9.13. The smallest absolute Gasteiger partial charge is 0.222 e. The van der Waals surface area contributed by atoms with Crippen LogP contribution in [0.1, 0.15) is 66.2 Å². The van der Waals surface area contributed by atoms with E-state index in [1.54, 1.807) is 0 Å². The first-order chi connectivity index (χ1) is 10.8. The molecule has 2 amide bonds. The minimum absolute atomic E-state index is 0.0250. The van der Waals surface area contributed by atoms with Gasteiger partial charge >= 0.3 is 0 Å². The van der Waals surface area contributed by atoms with Gasteiger partial charge in [0.05, 0.1) is 0 Å². The Morgan fingerprint density at radius 2 is 1.78 bits per heavy atom. The van der Waals surface area contributed by atoms with Crippen molar-refractivity contribution in [2.45, 2.75) is 72.3 Å². The quantitative estimate of drug-likeness (QED) is 0.745. The molecule has 1 aliphatic rings. The summed E-state index contributed by atoms with van der Waals surface area (Å²) in [7, 11) is 0. The van der Waals surface area contributed by atoms with Gasteiger partial charge in [0, 0.05) is 45.1 Å². The van der Waals surface area contributed by atoms with Crippen LogP contribution in [-0.4, -0.2) is 53.8 Å². The van der Waals surface area contributed by atoms with Crippen molar-refractivity contribution < 1.29 is 9.59 Å². The molecule has 1 fully saturated rings. The molecule has 1 unspecified atom stereocenters. The highest BCUT2D eigenvalue weighted by molar-refractivity contribution is 5.79. The summed E-state index contributed by atoms with van der Waals surface area (Å²) >= 11 is 0. The van der Waals surface area contributed by atoms with Crippen LogP contribution in [-0.2, 0) is 9.59 Å². The molecule has 1 atom stereocenters. The van der Waals surface area contributed by atoms with Crippen LogP contribution < -0.4 is 5.73 Å². The summed E-state index contributed by atoms with van der Waals surface area (Å²) in [5.74, 6) is 0.345. The summed E-state index contributed by atoms with van der Waals surface area (Å²) in [4.78, 5) is 28.4. The first-order valence-corrected chi connectivity index (χ1v) is 9.13. The molecule has 0 saturated carbocycles. The van der Waals surface area contributed by atoms with Crippen LogP contribution in [0, 0.1) is 5.41 Å². The second kappa shape index (κ2) is 9.26. The highest BCUT2D eigenvalue weighted by Crippen LogP contribution is 2.28. The molecule has 23 heavy (non-hydrogen) atoms. The zero-order valence-corrected chi connectivity index (χ0v) is 15.4. The van der Waals surface area contributed by atoms with Crippen LogP contribution in [0.5, 0.6) is 0 Å². The lowest BCUT2D eigenvalue weighted by atomic mass is 9.79. The lowest BCUT2D eigenvalue weighted by Gasteiger charge is -2.42. The third-order valence-electron chi connectivity index (χ3n) is 4.79. The number of carbonyl (C=O) groups excluding carboxylic acids is 2. The third-order valence-corrected chi connectivity index (χ3v) is 4.79. The van der Waals surface area contributed by atoms with Gasteiger partial charge in [-0.1, -0.05) is 27.7 Å². The maximum atomic E-state index is 12.4. The minimum Gasteiger partial charge on any atom is -0.343 e. The van der Waals surface area contributed by atoms with E-state index >= 15 is 0 Å². The molecule has 0 aromatic heterocycles. The van der Waals surface area contributed by atoms with Crippen molar-refractivity contribution in [2.75, 3.05) is 26.2 Å². The summed E-state index contributed by atoms with van der Waals surface area (Å²) in [6.07, 6.45) is 4.40. The van der Waals surface area contributed by atoms with Crippen molar-refractivity contribution in [1.82, 2.24) is 9.80 Å². The lowest BCUT2D eigenvalue weighted by Crippen LogP contribution is -2.53. The van der Waals surface area contributed by atoms with Crippen LogP contribution >= 0.6 is 0 Å². The molecule has 5 heteroatoms. The van der Waals surface area contributed by atoms with Gasteiger partial charge in [0.15, 0.2) is 0 Å². The van der Waals surface area contributed by atoms with Gasteiger partial charge in [0.1, 0.15) is 0 Å². The van der Waals surface area contributed by atoms with E-state index in [0.29, 0.717) is 19.3 Å². The van der Waals surface area contributed by atoms with Crippen LogP contribution in [0.4, 0.5) is 0 Å². The fraction of sp³-hybridized carbons (Fsp3) is 0.889. The van der Waals surface area contributed by atoms with E-state index in [1.165, 1.54) is 0 Å². The van der Waals surface area contributed by atoms with Gasteiger partial charge in [-0.05, 0) is 31.1 Å². The van der Waals surface area contributed by atoms with E-state index in [9.17, 15) is 9.59 Å². The zero-order chi connectivity index (χ0) is 17.5. The predicted octanol–water partition coefficient (Wildman–Crippen LogP) is 2.39. The summed E-state index contributed by atoms with van der Waals surface area (Å²) in [6.45, 7) is 11.5. The molecule has 5 nitrogen and oxygen atoms in total. The molecule has 134 valence electrons. The molecule has 1 rings (SSSR count). The fourth-order valence-electron chi connectivity index (χ4n) is 3.19. The molecule has 1 aliphatic heterocycles. The molecule has 0 radical (unpaired) electrons. The van der Waals surface area contributed by atoms with Gasteiger partial charge in [-0.25, -0.2) is 0 Å². The normalized spacial score (nSPS) is 20.4. The number of amides is 2. The standard InChI is InChI=1S/C18H35N3O2/c1-5-11-20(12-6-2)16(22)8-7-9-17(23)21-13-10-15(19)18(3,4)14-21/h15H,5-14,19H2,1-4H3. The average molecular weight is 325 g/mol. The fourth-order valence-corrected chi connectivity index (χ4v) is 3.19. The highest BCUT2D eigenvalue weighted by atomic mass is 16.2. The maximum Gasteiger partial charge on any atom is 0.222 e. The van der Waals surface area contributed by atoms with Crippen molar-refractivity contribution in [3.63, 3.8) is 0 Å². The number of nitrogens with zero attached hydrogens (tertiary/aromatic N) is 2. The Balaban J connectivity index is 2.37. The number of piperidine rings is 1. The Labute approximate surface area is 141 Å². The van der Waals surface area contributed by atoms with Crippen LogP contribution in [0.25, 0.3) is 0 Å². The van der Waals surface area contributed by atoms with E-state index in [2.05, 4.69) is 27.7 Å². The molecule has 1 saturated heterocycles. The number of nitrogens with two attached hydrogens (primary N) is 1. The maximum absolute atomic E-state index is 12.4. The van der Waals surface area contributed by atoms with Gasteiger partial charge in [-0.3, -0.25) is 9.59 Å². The van der Waals surface area contributed by atoms with Gasteiger partial charge in [0.2, 0.25) is 11.8 Å². The Hall–Kier alpha value is -1.10. The van der Waals surface area contributed by atoms with Crippen LogP contribution in [0.15, 0.2) is 0 Å². The van der Waals surface area contributed by atoms with Gasteiger partial charge in [-0.15, -0.1) is 0 Å². The van der Waals surface area contributed by atoms with E-state index < -0.39 is 0 Å². The third kappa shape index (κ3) is 6.13. The Kier molecular flexibility index (Phi) is 8.03. The number of hydrogen-bond acceptors (Lipinski definition) is 3. The summed E-state index contributed by atoms with van der Waals surface area (Å²) in [5.41, 5.74) is 6.09. The van der Waals surface area contributed by atoms with E-state index in [4.69, 9.17) is 5.73 Å². The molecule has 0 aliphatic carbocycles. The lowest BCUT2D eigenvalue weighted by molar-refractivity contribution is -0.135. The van der Waals surface area contributed by atoms with Crippen molar-refractivity contribution in [3.8, 4) is 0 Å². The molecule has 0 bridgehead atoms. The Bertz CT molecular complexity index is 390. The second-order valence-electron chi connectivity index (χ2n) is 7.43. The minimum atomic E-state index is -0.0250. The molecule has 1 heterocycles. The first kappa shape index (κ1) is 19.9. The summed E-state index contributed by atoms with van der Waals surface area (Å²) in [5, 5.41) is 0. The van der Waals surface area contributed by atoms with Crippen molar-refractivity contribution in [3.05, 3.63) is 0 Å². The van der Waals surface area contributed by atoms with Gasteiger partial charge < -0.3 is 15.5 Å². The van der Waals surface area contributed by atoms with E-state index in [0.717, 1.165) is 45.4 Å². The molecule has 2 N–H and O–H groups in total. The van der Waals surface area contributed by atoms with Crippen molar-refractivity contribution in [2.24, 2.45) is 11.1 Å². The summed E-state index contributed by atoms with van der Waals surface area (Å²) in [6, 6.07) is 0.157. The molecule has 0 aromatic carbocycles. The van der Waals surface area contributed by atoms with Crippen molar-refractivity contribution in [1.29, 1.82) is 0 Å². The van der Waals surface area contributed by atoms with Crippen LogP contribution in [0.2, 0.25) is 0 Å². The predicted molar refractivity (Wildman–Crippen MR) is 94.0 cm³/mol. The Morgan fingerprint density at radius 3 is 2.30 bits per heavy atom. The average Bonchev–Trinajstić information content (AvgIpc) is 2.49. The highest BCUT2D eigenvalue weighted by Gasteiger charge is 2.35.